The Labute approximate surface area is 129 Å². The van der Waals surface area contributed by atoms with E-state index in [0.29, 0.717) is 5.56 Å². The van der Waals surface area contributed by atoms with Crippen molar-refractivity contribution in [2.24, 2.45) is 5.73 Å². The fourth-order valence-electron chi connectivity index (χ4n) is 1.77. The summed E-state index contributed by atoms with van der Waals surface area (Å²) in [6, 6.07) is 7.13. The first kappa shape index (κ1) is 17.6. The van der Waals surface area contributed by atoms with E-state index in [4.69, 9.17) is 10.5 Å². The standard InChI is InChI=1S/C13H12F3NO2S.ClH/c1-18-10-7-8(19-13(14,15)16)4-5-9(10)12(17)11-3-2-6-20-11;/h2-7,12H,17H2,1H3;1H/t12-;/m1./s1. The number of nitrogens with two attached hydrogens (primary N) is 1. The number of benzene rings is 1. The molecule has 0 fully saturated rings. The number of halogens is 4. The van der Waals surface area contributed by atoms with Crippen LogP contribution in [0.25, 0.3) is 0 Å². The average Bonchev–Trinajstić information content (AvgIpc) is 2.89. The maximum Gasteiger partial charge on any atom is 0.573 e. The third kappa shape index (κ3) is 4.52. The van der Waals surface area contributed by atoms with E-state index in [1.165, 1.54) is 36.6 Å². The summed E-state index contributed by atoms with van der Waals surface area (Å²) in [5, 5.41) is 1.88. The van der Waals surface area contributed by atoms with Crippen molar-refractivity contribution in [1.29, 1.82) is 0 Å². The lowest BCUT2D eigenvalue weighted by molar-refractivity contribution is -0.274. The second-order valence-electron chi connectivity index (χ2n) is 3.94. The molecule has 0 amide bonds. The third-order valence-electron chi connectivity index (χ3n) is 2.62. The molecule has 2 aromatic rings. The molecular weight excluding hydrogens is 327 g/mol. The van der Waals surface area contributed by atoms with Crippen molar-refractivity contribution in [2.75, 3.05) is 7.11 Å². The second-order valence-corrected chi connectivity index (χ2v) is 4.92. The summed E-state index contributed by atoms with van der Waals surface area (Å²) < 4.78 is 45.5. The summed E-state index contributed by atoms with van der Waals surface area (Å²) in [6.45, 7) is 0. The Morgan fingerprint density at radius 2 is 1.95 bits per heavy atom. The average molecular weight is 340 g/mol. The summed E-state index contributed by atoms with van der Waals surface area (Å²) in [4.78, 5) is 0.896. The number of methoxy groups -OCH3 is 1. The van der Waals surface area contributed by atoms with Gasteiger partial charge in [-0.1, -0.05) is 6.07 Å². The molecule has 3 nitrogen and oxygen atoms in total. The minimum atomic E-state index is -4.73. The Morgan fingerprint density at radius 3 is 2.48 bits per heavy atom. The molecule has 0 aliphatic rings. The van der Waals surface area contributed by atoms with E-state index in [1.807, 2.05) is 17.5 Å². The Morgan fingerprint density at radius 1 is 1.24 bits per heavy atom. The van der Waals surface area contributed by atoms with Gasteiger partial charge in [0, 0.05) is 16.5 Å². The van der Waals surface area contributed by atoms with E-state index in [9.17, 15) is 13.2 Å². The predicted molar refractivity (Wildman–Crippen MR) is 77.3 cm³/mol. The van der Waals surface area contributed by atoms with Crippen LogP contribution in [0.4, 0.5) is 13.2 Å². The van der Waals surface area contributed by atoms with Crippen LogP contribution in [0.5, 0.6) is 11.5 Å². The molecule has 1 atom stereocenters. The Hall–Kier alpha value is -1.44. The molecule has 8 heteroatoms. The smallest absolute Gasteiger partial charge is 0.496 e. The van der Waals surface area contributed by atoms with Crippen LogP contribution in [-0.2, 0) is 0 Å². The molecule has 0 unspecified atom stereocenters. The van der Waals surface area contributed by atoms with Gasteiger partial charge in [-0.15, -0.1) is 36.9 Å². The van der Waals surface area contributed by atoms with Gasteiger partial charge in [-0.3, -0.25) is 0 Å². The Bertz CT molecular complexity index is 575. The molecule has 1 heterocycles. The zero-order chi connectivity index (χ0) is 14.8. The highest BCUT2D eigenvalue weighted by atomic mass is 35.5. The van der Waals surface area contributed by atoms with Crippen LogP contribution in [-0.4, -0.2) is 13.5 Å². The fourth-order valence-corrected chi connectivity index (χ4v) is 2.51. The largest absolute Gasteiger partial charge is 0.573 e. The molecule has 0 aliphatic carbocycles. The lowest BCUT2D eigenvalue weighted by Crippen LogP contribution is -2.17. The number of hydrogen-bond acceptors (Lipinski definition) is 4. The van der Waals surface area contributed by atoms with E-state index in [0.717, 1.165) is 4.88 Å². The van der Waals surface area contributed by atoms with Crippen molar-refractivity contribution in [3.63, 3.8) is 0 Å². The highest BCUT2D eigenvalue weighted by Crippen LogP contribution is 2.34. The van der Waals surface area contributed by atoms with E-state index >= 15 is 0 Å². The van der Waals surface area contributed by atoms with Gasteiger partial charge in [-0.25, -0.2) is 0 Å². The lowest BCUT2D eigenvalue weighted by atomic mass is 10.0. The first-order valence-electron chi connectivity index (χ1n) is 5.63. The molecular formula is C13H13ClF3NO2S. The number of hydrogen-bond donors (Lipinski definition) is 1. The quantitative estimate of drug-likeness (QED) is 0.911. The van der Waals surface area contributed by atoms with Crippen molar-refractivity contribution in [2.45, 2.75) is 12.4 Å². The van der Waals surface area contributed by atoms with Crippen LogP contribution in [0.1, 0.15) is 16.5 Å². The second kappa shape index (κ2) is 7.02. The van der Waals surface area contributed by atoms with Crippen molar-refractivity contribution in [1.82, 2.24) is 0 Å². The van der Waals surface area contributed by atoms with Crippen LogP contribution in [0.2, 0.25) is 0 Å². The van der Waals surface area contributed by atoms with Gasteiger partial charge in [0.25, 0.3) is 0 Å². The molecule has 0 spiro atoms. The molecule has 116 valence electrons. The summed E-state index contributed by atoms with van der Waals surface area (Å²) in [6.07, 6.45) is -4.73. The van der Waals surface area contributed by atoms with Gasteiger partial charge in [0.15, 0.2) is 0 Å². The van der Waals surface area contributed by atoms with E-state index in [1.54, 1.807) is 0 Å². The number of alkyl halides is 3. The predicted octanol–water partition coefficient (Wildman–Crippen LogP) is 4.13. The first-order valence-corrected chi connectivity index (χ1v) is 6.51. The van der Waals surface area contributed by atoms with E-state index in [-0.39, 0.29) is 23.9 Å². The number of ether oxygens (including phenoxy) is 2. The summed E-state index contributed by atoms with van der Waals surface area (Å²) in [5.41, 5.74) is 6.68. The van der Waals surface area contributed by atoms with Gasteiger partial charge in [0.1, 0.15) is 11.5 Å². The van der Waals surface area contributed by atoms with Crippen LogP contribution in [0, 0.1) is 0 Å². The van der Waals surface area contributed by atoms with Gasteiger partial charge in [-0.2, -0.15) is 0 Å². The minimum absolute atomic E-state index is 0. The molecule has 1 aromatic heterocycles. The van der Waals surface area contributed by atoms with Crippen LogP contribution in [0.3, 0.4) is 0 Å². The van der Waals surface area contributed by atoms with Crippen LogP contribution >= 0.6 is 23.7 Å². The van der Waals surface area contributed by atoms with Crippen molar-refractivity contribution < 1.29 is 22.6 Å². The third-order valence-corrected chi connectivity index (χ3v) is 3.58. The van der Waals surface area contributed by atoms with Crippen LogP contribution in [0.15, 0.2) is 35.7 Å². The Balaban J connectivity index is 0.00000220. The molecule has 21 heavy (non-hydrogen) atoms. The Kier molecular flexibility index (Phi) is 5.88. The highest BCUT2D eigenvalue weighted by molar-refractivity contribution is 7.10. The number of thiophene rings is 1. The van der Waals surface area contributed by atoms with Crippen molar-refractivity contribution in [3.8, 4) is 11.5 Å². The van der Waals surface area contributed by atoms with Crippen molar-refractivity contribution in [3.05, 3.63) is 46.2 Å². The molecule has 2 N–H and O–H groups in total. The SMILES string of the molecule is COc1cc(OC(F)(F)F)ccc1[C@@H](N)c1cccs1.Cl. The van der Waals surface area contributed by atoms with Gasteiger partial charge in [0.2, 0.25) is 0 Å². The van der Waals surface area contributed by atoms with Gasteiger partial charge in [0.05, 0.1) is 13.2 Å². The highest BCUT2D eigenvalue weighted by Gasteiger charge is 2.31. The topological polar surface area (TPSA) is 44.5 Å². The van der Waals surface area contributed by atoms with Crippen molar-refractivity contribution >= 4 is 23.7 Å². The minimum Gasteiger partial charge on any atom is -0.496 e. The van der Waals surface area contributed by atoms with Gasteiger partial charge >= 0.3 is 6.36 Å². The molecule has 0 saturated heterocycles. The van der Waals surface area contributed by atoms with Gasteiger partial charge < -0.3 is 15.2 Å². The van der Waals surface area contributed by atoms with E-state index in [2.05, 4.69) is 4.74 Å². The molecule has 0 saturated carbocycles. The molecule has 2 rings (SSSR count). The first-order chi connectivity index (χ1) is 9.40. The monoisotopic (exact) mass is 339 g/mol. The van der Waals surface area contributed by atoms with Gasteiger partial charge in [-0.05, 0) is 23.6 Å². The summed E-state index contributed by atoms with van der Waals surface area (Å²) in [7, 11) is 1.37. The zero-order valence-corrected chi connectivity index (χ0v) is 12.5. The molecule has 0 bridgehead atoms. The molecule has 1 aromatic carbocycles. The summed E-state index contributed by atoms with van der Waals surface area (Å²) in [5.74, 6) is -0.0795. The van der Waals surface area contributed by atoms with E-state index < -0.39 is 12.4 Å². The van der Waals surface area contributed by atoms with Crippen LogP contribution < -0.4 is 15.2 Å². The number of rotatable bonds is 4. The maximum atomic E-state index is 12.2. The molecule has 0 aliphatic heterocycles. The summed E-state index contributed by atoms with van der Waals surface area (Å²) >= 11 is 1.47. The molecule has 0 radical (unpaired) electrons. The fraction of sp³-hybridized carbons (Fsp3) is 0.231. The normalized spacial score (nSPS) is 12.4. The zero-order valence-electron chi connectivity index (χ0n) is 10.9. The lowest BCUT2D eigenvalue weighted by Gasteiger charge is -2.16. The maximum absolute atomic E-state index is 12.2.